The van der Waals surface area contributed by atoms with Crippen molar-refractivity contribution in [1.82, 2.24) is 5.32 Å². The van der Waals surface area contributed by atoms with Gasteiger partial charge in [-0.1, -0.05) is 6.07 Å². The van der Waals surface area contributed by atoms with Crippen LogP contribution in [0.3, 0.4) is 0 Å². The first-order valence-electron chi connectivity index (χ1n) is 7.91. The van der Waals surface area contributed by atoms with E-state index in [1.807, 2.05) is 25.1 Å². The molecule has 1 aliphatic rings. The molecule has 5 nitrogen and oxygen atoms in total. The van der Waals surface area contributed by atoms with Crippen molar-refractivity contribution in [1.29, 1.82) is 0 Å². The van der Waals surface area contributed by atoms with E-state index in [4.69, 9.17) is 15.2 Å². The molecule has 0 radical (unpaired) electrons. The van der Waals surface area contributed by atoms with Crippen LogP contribution in [0.4, 0.5) is 0 Å². The molecule has 1 saturated carbocycles. The third-order valence-electron chi connectivity index (χ3n) is 4.06. The number of amides is 1. The van der Waals surface area contributed by atoms with Crippen molar-refractivity contribution in [2.45, 2.75) is 57.7 Å². The van der Waals surface area contributed by atoms with E-state index in [1.54, 1.807) is 14.0 Å². The standard InChI is InChI=1S/C17H26N2O3/c1-11(18)17(20)19-12(2)13-8-9-15(16(10-13)21-3)22-14-6-4-5-7-14/h8-12,14H,4-7,18H2,1-3H3,(H,19,20)/t11-,12?/m1/s1. The fourth-order valence-corrected chi connectivity index (χ4v) is 2.66. The SMILES string of the molecule is COc1cc(C(C)NC(=O)[C@@H](C)N)ccc1OC1CCCC1. The molecule has 0 saturated heterocycles. The Hall–Kier alpha value is -1.75. The van der Waals surface area contributed by atoms with Crippen LogP contribution in [0.1, 0.15) is 51.1 Å². The first-order chi connectivity index (χ1) is 10.5. The van der Waals surface area contributed by atoms with E-state index in [9.17, 15) is 4.79 Å². The van der Waals surface area contributed by atoms with Crippen molar-refractivity contribution in [3.63, 3.8) is 0 Å². The number of hydrogen-bond acceptors (Lipinski definition) is 4. The Balaban J connectivity index is 2.08. The van der Waals surface area contributed by atoms with Gasteiger partial charge in [-0.15, -0.1) is 0 Å². The number of carbonyl (C=O) groups excluding carboxylic acids is 1. The molecule has 1 fully saturated rings. The van der Waals surface area contributed by atoms with Gasteiger partial charge in [0.1, 0.15) is 0 Å². The van der Waals surface area contributed by atoms with Gasteiger partial charge < -0.3 is 20.5 Å². The van der Waals surface area contributed by atoms with Crippen LogP contribution in [0.5, 0.6) is 11.5 Å². The highest BCUT2D eigenvalue weighted by molar-refractivity contribution is 5.81. The summed E-state index contributed by atoms with van der Waals surface area (Å²) in [5.41, 5.74) is 6.54. The maximum absolute atomic E-state index is 11.7. The van der Waals surface area contributed by atoms with Crippen LogP contribution in [-0.4, -0.2) is 25.2 Å². The van der Waals surface area contributed by atoms with Gasteiger partial charge in [-0.2, -0.15) is 0 Å². The summed E-state index contributed by atoms with van der Waals surface area (Å²) in [6.07, 6.45) is 4.95. The molecule has 22 heavy (non-hydrogen) atoms. The van der Waals surface area contributed by atoms with Gasteiger partial charge in [0.25, 0.3) is 0 Å². The lowest BCUT2D eigenvalue weighted by molar-refractivity contribution is -0.122. The summed E-state index contributed by atoms with van der Waals surface area (Å²) in [6.45, 7) is 3.59. The number of rotatable bonds is 6. The Morgan fingerprint density at radius 2 is 1.95 bits per heavy atom. The summed E-state index contributed by atoms with van der Waals surface area (Å²) in [7, 11) is 1.63. The van der Waals surface area contributed by atoms with Crippen LogP contribution in [0.2, 0.25) is 0 Å². The second-order valence-electron chi connectivity index (χ2n) is 5.95. The number of benzene rings is 1. The minimum atomic E-state index is -0.519. The second kappa shape index (κ2) is 7.49. The lowest BCUT2D eigenvalue weighted by Gasteiger charge is -2.19. The zero-order valence-corrected chi connectivity index (χ0v) is 13.6. The predicted octanol–water partition coefficient (Wildman–Crippen LogP) is 2.54. The third kappa shape index (κ3) is 4.13. The molecule has 122 valence electrons. The molecule has 1 aromatic carbocycles. The van der Waals surface area contributed by atoms with Crippen molar-refractivity contribution in [3.8, 4) is 11.5 Å². The maximum atomic E-state index is 11.7. The van der Waals surface area contributed by atoms with Crippen molar-refractivity contribution < 1.29 is 14.3 Å². The molecule has 1 aromatic rings. The van der Waals surface area contributed by atoms with Crippen molar-refractivity contribution in [2.24, 2.45) is 5.73 Å². The molecule has 3 N–H and O–H groups in total. The molecular formula is C17H26N2O3. The summed E-state index contributed by atoms with van der Waals surface area (Å²) in [5.74, 6) is 1.30. The van der Waals surface area contributed by atoms with Crippen molar-refractivity contribution >= 4 is 5.91 Å². The molecule has 0 spiro atoms. The lowest BCUT2D eigenvalue weighted by atomic mass is 10.1. The van der Waals surface area contributed by atoms with Crippen LogP contribution in [0, 0.1) is 0 Å². The minimum absolute atomic E-state index is 0.132. The monoisotopic (exact) mass is 306 g/mol. The van der Waals surface area contributed by atoms with Crippen LogP contribution < -0.4 is 20.5 Å². The van der Waals surface area contributed by atoms with Crippen LogP contribution in [-0.2, 0) is 4.79 Å². The zero-order valence-electron chi connectivity index (χ0n) is 13.6. The molecule has 1 amide bonds. The largest absolute Gasteiger partial charge is 0.493 e. The quantitative estimate of drug-likeness (QED) is 0.847. The minimum Gasteiger partial charge on any atom is -0.493 e. The smallest absolute Gasteiger partial charge is 0.237 e. The first-order valence-corrected chi connectivity index (χ1v) is 7.91. The normalized spacial score (nSPS) is 17.8. The highest BCUT2D eigenvalue weighted by atomic mass is 16.5. The van der Waals surface area contributed by atoms with Gasteiger partial charge in [0.15, 0.2) is 11.5 Å². The van der Waals surface area contributed by atoms with Gasteiger partial charge in [-0.3, -0.25) is 4.79 Å². The van der Waals surface area contributed by atoms with Crippen molar-refractivity contribution in [3.05, 3.63) is 23.8 Å². The van der Waals surface area contributed by atoms with E-state index in [0.29, 0.717) is 5.75 Å². The van der Waals surface area contributed by atoms with E-state index in [2.05, 4.69) is 5.32 Å². The first kappa shape index (κ1) is 16.6. The fourth-order valence-electron chi connectivity index (χ4n) is 2.66. The Kier molecular flexibility index (Phi) is 5.66. The van der Waals surface area contributed by atoms with Crippen LogP contribution in [0.15, 0.2) is 18.2 Å². The van der Waals surface area contributed by atoms with Gasteiger partial charge in [-0.25, -0.2) is 0 Å². The Morgan fingerprint density at radius 3 is 2.55 bits per heavy atom. The molecule has 0 heterocycles. The molecule has 1 aliphatic carbocycles. The van der Waals surface area contributed by atoms with Gasteiger partial charge >= 0.3 is 0 Å². The third-order valence-corrected chi connectivity index (χ3v) is 4.06. The fraction of sp³-hybridized carbons (Fsp3) is 0.588. The lowest BCUT2D eigenvalue weighted by Crippen LogP contribution is -2.39. The summed E-state index contributed by atoms with van der Waals surface area (Å²) in [5, 5.41) is 2.88. The molecule has 2 rings (SSSR count). The van der Waals surface area contributed by atoms with Crippen LogP contribution >= 0.6 is 0 Å². The maximum Gasteiger partial charge on any atom is 0.237 e. The number of methoxy groups -OCH3 is 1. The number of hydrogen-bond donors (Lipinski definition) is 2. The Morgan fingerprint density at radius 1 is 1.27 bits per heavy atom. The predicted molar refractivity (Wildman–Crippen MR) is 86.1 cm³/mol. The highest BCUT2D eigenvalue weighted by Crippen LogP contribution is 2.33. The van der Waals surface area contributed by atoms with E-state index in [1.165, 1.54) is 12.8 Å². The molecule has 2 atom stereocenters. The average molecular weight is 306 g/mol. The van der Waals surface area contributed by atoms with E-state index < -0.39 is 6.04 Å². The van der Waals surface area contributed by atoms with Crippen LogP contribution in [0.25, 0.3) is 0 Å². The Labute approximate surface area is 132 Å². The van der Waals surface area contributed by atoms with Gasteiger partial charge in [0, 0.05) is 0 Å². The molecule has 1 unspecified atom stereocenters. The molecule has 5 heteroatoms. The van der Waals surface area contributed by atoms with E-state index in [0.717, 1.165) is 24.2 Å². The number of nitrogens with two attached hydrogens (primary N) is 1. The Bertz CT molecular complexity index is 511. The van der Waals surface area contributed by atoms with Gasteiger partial charge in [-0.05, 0) is 57.2 Å². The van der Waals surface area contributed by atoms with E-state index in [-0.39, 0.29) is 18.1 Å². The summed E-state index contributed by atoms with van der Waals surface area (Å²) >= 11 is 0. The number of carbonyl (C=O) groups is 1. The summed E-state index contributed by atoms with van der Waals surface area (Å²) in [6, 6.07) is 5.14. The highest BCUT2D eigenvalue weighted by Gasteiger charge is 2.19. The summed E-state index contributed by atoms with van der Waals surface area (Å²) in [4.78, 5) is 11.7. The number of nitrogens with one attached hydrogen (secondary N) is 1. The summed E-state index contributed by atoms with van der Waals surface area (Å²) < 4.78 is 11.5. The molecular weight excluding hydrogens is 280 g/mol. The van der Waals surface area contributed by atoms with Gasteiger partial charge in [0.2, 0.25) is 5.91 Å². The molecule has 0 bridgehead atoms. The second-order valence-corrected chi connectivity index (χ2v) is 5.95. The van der Waals surface area contributed by atoms with E-state index >= 15 is 0 Å². The number of ether oxygens (including phenoxy) is 2. The van der Waals surface area contributed by atoms with Gasteiger partial charge in [0.05, 0.1) is 25.3 Å². The molecule has 0 aliphatic heterocycles. The molecule has 0 aromatic heterocycles. The van der Waals surface area contributed by atoms with Crippen molar-refractivity contribution in [2.75, 3.05) is 7.11 Å². The topological polar surface area (TPSA) is 73.6 Å². The average Bonchev–Trinajstić information content (AvgIpc) is 3.00. The zero-order chi connectivity index (χ0) is 16.1.